The minimum Gasteiger partial charge on any atom is -0.434 e. The Bertz CT molecular complexity index is 459. The van der Waals surface area contributed by atoms with Crippen LogP contribution in [0, 0.1) is 0 Å². The number of Topliss-reactive ketones (excluding diaryl/α,β-unsaturated/α-hetero) is 1. The number of ether oxygens (including phenoxy) is 1. The van der Waals surface area contributed by atoms with Gasteiger partial charge in [-0.1, -0.05) is 15.9 Å². The summed E-state index contributed by atoms with van der Waals surface area (Å²) < 4.78 is 65.9. The molecule has 2 nitrogen and oxygen atoms in total. The predicted molar refractivity (Wildman–Crippen MR) is 60.8 cm³/mol. The third-order valence-electron chi connectivity index (χ3n) is 2.14. The largest absolute Gasteiger partial charge is 0.434 e. The summed E-state index contributed by atoms with van der Waals surface area (Å²) in [5.41, 5.74) is -1.60. The van der Waals surface area contributed by atoms with Gasteiger partial charge >= 0.3 is 12.8 Å². The number of hydrogen-bond donors (Lipinski definition) is 0. The van der Waals surface area contributed by atoms with Gasteiger partial charge < -0.3 is 4.74 Å². The highest BCUT2D eigenvalue weighted by Gasteiger charge is 2.35. The second-order valence-electron chi connectivity index (χ2n) is 3.45. The second kappa shape index (κ2) is 6.31. The quantitative estimate of drug-likeness (QED) is 0.452. The lowest BCUT2D eigenvalue weighted by molar-refractivity contribution is -0.141. The van der Waals surface area contributed by atoms with Gasteiger partial charge in [0, 0.05) is 17.3 Å². The Kier molecular flexibility index (Phi) is 5.28. The van der Waals surface area contributed by atoms with Crippen LogP contribution in [0.4, 0.5) is 22.0 Å². The number of carbonyl (C=O) groups is 1. The molecule has 0 bridgehead atoms. The summed E-state index contributed by atoms with van der Waals surface area (Å²) in [7, 11) is 0. The lowest BCUT2D eigenvalue weighted by Gasteiger charge is -2.14. The molecule has 1 aromatic carbocycles. The van der Waals surface area contributed by atoms with Crippen molar-refractivity contribution in [1.29, 1.82) is 0 Å². The summed E-state index contributed by atoms with van der Waals surface area (Å²) in [5, 5.41) is 0.294. The van der Waals surface area contributed by atoms with Crippen LogP contribution in [0.5, 0.6) is 5.75 Å². The van der Waals surface area contributed by atoms with Gasteiger partial charge in [-0.3, -0.25) is 4.79 Å². The van der Waals surface area contributed by atoms with Gasteiger partial charge in [0.25, 0.3) is 0 Å². The van der Waals surface area contributed by atoms with Crippen LogP contribution in [-0.4, -0.2) is 17.7 Å². The van der Waals surface area contributed by atoms with Crippen LogP contribution >= 0.6 is 15.9 Å². The minimum atomic E-state index is -4.88. The molecular weight excluding hydrogens is 339 g/mol. The molecule has 0 fully saturated rings. The molecule has 0 saturated heterocycles. The van der Waals surface area contributed by atoms with Crippen molar-refractivity contribution in [3.8, 4) is 5.75 Å². The van der Waals surface area contributed by atoms with Gasteiger partial charge in [0.05, 0.1) is 5.56 Å². The molecule has 0 N–H and O–H groups in total. The van der Waals surface area contributed by atoms with Gasteiger partial charge in [0.1, 0.15) is 5.75 Å². The number of ketones is 1. The molecule has 0 atom stereocenters. The number of hydrogen-bond acceptors (Lipinski definition) is 2. The van der Waals surface area contributed by atoms with E-state index < -0.39 is 29.9 Å². The summed E-state index contributed by atoms with van der Waals surface area (Å²) in [4.78, 5) is 11.5. The Morgan fingerprint density at radius 1 is 1.32 bits per heavy atom. The first-order chi connectivity index (χ1) is 8.75. The number of alkyl halides is 6. The van der Waals surface area contributed by atoms with Crippen LogP contribution < -0.4 is 4.74 Å². The van der Waals surface area contributed by atoms with Crippen LogP contribution in [0.25, 0.3) is 0 Å². The molecule has 0 aromatic heterocycles. The summed E-state index contributed by atoms with van der Waals surface area (Å²) in [6, 6.07) is 2.26. The van der Waals surface area contributed by atoms with E-state index in [2.05, 4.69) is 20.7 Å². The van der Waals surface area contributed by atoms with Gasteiger partial charge in [-0.05, 0) is 18.2 Å². The van der Waals surface area contributed by atoms with Crippen LogP contribution in [0.1, 0.15) is 22.3 Å². The van der Waals surface area contributed by atoms with Crippen molar-refractivity contribution in [3.63, 3.8) is 0 Å². The van der Waals surface area contributed by atoms with E-state index in [4.69, 9.17) is 0 Å². The van der Waals surface area contributed by atoms with Gasteiger partial charge in [-0.2, -0.15) is 22.0 Å². The lowest BCUT2D eigenvalue weighted by Crippen LogP contribution is -2.13. The van der Waals surface area contributed by atoms with E-state index in [1.807, 2.05) is 0 Å². The molecule has 1 rings (SSSR count). The Hall–Kier alpha value is -1.18. The molecule has 0 amide bonds. The molecule has 19 heavy (non-hydrogen) atoms. The normalized spacial score (nSPS) is 11.7. The third-order valence-corrected chi connectivity index (χ3v) is 2.54. The van der Waals surface area contributed by atoms with Gasteiger partial charge in [0.2, 0.25) is 0 Å². The number of carbonyl (C=O) groups excluding carboxylic acids is 1. The maximum Gasteiger partial charge on any atom is 0.419 e. The Morgan fingerprint density at radius 2 is 1.95 bits per heavy atom. The van der Waals surface area contributed by atoms with E-state index in [0.717, 1.165) is 12.1 Å². The zero-order chi connectivity index (χ0) is 14.6. The SMILES string of the molecule is O=C(CCBr)c1ccc(OC(F)F)c(C(F)(F)F)c1. The van der Waals surface area contributed by atoms with Gasteiger partial charge in [-0.15, -0.1) is 0 Å². The molecule has 106 valence electrons. The summed E-state index contributed by atoms with van der Waals surface area (Å²) in [6.07, 6.45) is -4.87. The molecule has 0 heterocycles. The highest BCUT2D eigenvalue weighted by atomic mass is 79.9. The molecule has 0 saturated carbocycles. The van der Waals surface area contributed by atoms with Crippen LogP contribution in [0.3, 0.4) is 0 Å². The predicted octanol–water partition coefficient (Wildman–Crippen LogP) is 4.27. The van der Waals surface area contributed by atoms with Crippen molar-refractivity contribution in [2.45, 2.75) is 19.2 Å². The minimum absolute atomic E-state index is 0.00630. The van der Waals surface area contributed by atoms with E-state index in [1.54, 1.807) is 0 Å². The fourth-order valence-corrected chi connectivity index (χ4v) is 1.71. The van der Waals surface area contributed by atoms with E-state index in [9.17, 15) is 26.7 Å². The zero-order valence-corrected chi connectivity index (χ0v) is 10.9. The number of rotatable bonds is 5. The lowest BCUT2D eigenvalue weighted by atomic mass is 10.0. The highest BCUT2D eigenvalue weighted by molar-refractivity contribution is 9.09. The molecule has 8 heteroatoms. The maximum absolute atomic E-state index is 12.7. The van der Waals surface area contributed by atoms with E-state index >= 15 is 0 Å². The Balaban J connectivity index is 3.19. The Labute approximate surface area is 113 Å². The van der Waals surface area contributed by atoms with Crippen LogP contribution in [0.2, 0.25) is 0 Å². The number of benzene rings is 1. The fourth-order valence-electron chi connectivity index (χ4n) is 1.35. The van der Waals surface area contributed by atoms with Crippen molar-refractivity contribution in [2.75, 3.05) is 5.33 Å². The first kappa shape index (κ1) is 15.9. The zero-order valence-electron chi connectivity index (χ0n) is 9.31. The van der Waals surface area contributed by atoms with Crippen LogP contribution in [0.15, 0.2) is 18.2 Å². The fraction of sp³-hybridized carbons (Fsp3) is 0.364. The van der Waals surface area contributed by atoms with Gasteiger partial charge in [-0.25, -0.2) is 0 Å². The second-order valence-corrected chi connectivity index (χ2v) is 4.24. The summed E-state index contributed by atoms with van der Waals surface area (Å²) in [6.45, 7) is -3.37. The van der Waals surface area contributed by atoms with Crippen molar-refractivity contribution < 1.29 is 31.5 Å². The summed E-state index contributed by atoms with van der Waals surface area (Å²) >= 11 is 2.99. The number of halogens is 6. The van der Waals surface area contributed by atoms with E-state index in [1.165, 1.54) is 0 Å². The van der Waals surface area contributed by atoms with Crippen molar-refractivity contribution in [3.05, 3.63) is 29.3 Å². The molecule has 0 spiro atoms. The van der Waals surface area contributed by atoms with Crippen molar-refractivity contribution in [1.82, 2.24) is 0 Å². The smallest absolute Gasteiger partial charge is 0.419 e. The van der Waals surface area contributed by atoms with Crippen molar-refractivity contribution >= 4 is 21.7 Å². The molecule has 0 unspecified atom stereocenters. The molecule has 0 aliphatic carbocycles. The molecular formula is C11H8BrF5O2. The van der Waals surface area contributed by atoms with Crippen molar-refractivity contribution in [2.24, 2.45) is 0 Å². The van der Waals surface area contributed by atoms with E-state index in [-0.39, 0.29) is 12.0 Å². The standard InChI is InChI=1S/C11H8BrF5O2/c12-4-3-8(18)6-1-2-9(19-10(13)14)7(5-6)11(15,16)17/h1-2,5,10H,3-4H2. The molecule has 0 aliphatic rings. The molecule has 0 radical (unpaired) electrons. The van der Waals surface area contributed by atoms with Gasteiger partial charge in [0.15, 0.2) is 5.78 Å². The highest BCUT2D eigenvalue weighted by Crippen LogP contribution is 2.37. The first-order valence-corrected chi connectivity index (χ1v) is 6.13. The average molecular weight is 347 g/mol. The summed E-state index contributed by atoms with van der Waals surface area (Å²) in [5.74, 6) is -1.52. The van der Waals surface area contributed by atoms with Crippen LogP contribution in [-0.2, 0) is 6.18 Å². The van der Waals surface area contributed by atoms with E-state index in [0.29, 0.717) is 11.4 Å². The molecule has 0 aliphatic heterocycles. The maximum atomic E-state index is 12.7. The molecule has 1 aromatic rings. The first-order valence-electron chi connectivity index (χ1n) is 5.01. The topological polar surface area (TPSA) is 26.3 Å². The average Bonchev–Trinajstić information content (AvgIpc) is 2.27. The third kappa shape index (κ3) is 4.45. The Morgan fingerprint density at radius 3 is 2.42 bits per heavy atom. The monoisotopic (exact) mass is 346 g/mol.